The monoisotopic (exact) mass is 214 g/mol. The molecule has 0 bridgehead atoms. The van der Waals surface area contributed by atoms with Crippen molar-refractivity contribution in [1.82, 2.24) is 0 Å². The Morgan fingerprint density at radius 3 is 1.71 bits per heavy atom. The quantitative estimate of drug-likeness (QED) is 0.634. The summed E-state index contributed by atoms with van der Waals surface area (Å²) in [4.78, 5) is 0. The van der Waals surface area contributed by atoms with Gasteiger partial charge in [0.2, 0.25) is 0 Å². The number of hydrogen-bond acceptors (Lipinski definition) is 1. The zero-order chi connectivity index (χ0) is 9.80. The van der Waals surface area contributed by atoms with Crippen molar-refractivity contribution in [2.45, 2.75) is 69.6 Å². The molecule has 82 valence electrons. The second-order valence-corrected chi connectivity index (χ2v) is 7.09. The molecule has 0 aliphatic heterocycles. The molecule has 2 aliphatic rings. The first-order chi connectivity index (χ1) is 6.92. The van der Waals surface area contributed by atoms with Crippen LogP contribution in [0.5, 0.6) is 0 Å². The lowest BCUT2D eigenvalue weighted by Gasteiger charge is -2.28. The molecule has 0 unspecified atom stereocenters. The van der Waals surface area contributed by atoms with Crippen molar-refractivity contribution < 1.29 is 4.52 Å². The van der Waals surface area contributed by atoms with Crippen LogP contribution in [0.2, 0.25) is 0 Å². The SMILES string of the molecule is CCOP(C1CCCC1)C1CCCC1. The van der Waals surface area contributed by atoms with Crippen LogP contribution in [0.4, 0.5) is 0 Å². The first-order valence-corrected chi connectivity index (χ1v) is 7.73. The van der Waals surface area contributed by atoms with Crippen molar-refractivity contribution in [1.29, 1.82) is 0 Å². The van der Waals surface area contributed by atoms with E-state index in [9.17, 15) is 0 Å². The molecule has 0 heterocycles. The summed E-state index contributed by atoms with van der Waals surface area (Å²) in [5.74, 6) is 0. The molecule has 0 saturated heterocycles. The fourth-order valence-corrected chi connectivity index (χ4v) is 6.04. The van der Waals surface area contributed by atoms with Crippen molar-refractivity contribution >= 4 is 8.15 Å². The summed E-state index contributed by atoms with van der Waals surface area (Å²) in [6.07, 6.45) is 11.7. The van der Waals surface area contributed by atoms with Crippen LogP contribution in [0.1, 0.15) is 58.3 Å². The lowest BCUT2D eigenvalue weighted by atomic mass is 10.4. The van der Waals surface area contributed by atoms with E-state index >= 15 is 0 Å². The van der Waals surface area contributed by atoms with Crippen LogP contribution in [-0.4, -0.2) is 17.9 Å². The van der Waals surface area contributed by atoms with E-state index in [1.165, 1.54) is 51.4 Å². The molecule has 2 aliphatic carbocycles. The van der Waals surface area contributed by atoms with Gasteiger partial charge in [0.1, 0.15) is 0 Å². The van der Waals surface area contributed by atoms with Crippen molar-refractivity contribution in [2.24, 2.45) is 0 Å². The molecule has 0 aromatic carbocycles. The Bertz CT molecular complexity index is 144. The van der Waals surface area contributed by atoms with Crippen molar-refractivity contribution in [3.8, 4) is 0 Å². The van der Waals surface area contributed by atoms with E-state index in [1.807, 2.05) is 0 Å². The van der Waals surface area contributed by atoms with Gasteiger partial charge in [-0.3, -0.25) is 0 Å². The summed E-state index contributed by atoms with van der Waals surface area (Å²) in [7, 11) is -0.0630. The summed E-state index contributed by atoms with van der Waals surface area (Å²) >= 11 is 0. The maximum absolute atomic E-state index is 6.07. The highest BCUT2D eigenvalue weighted by Crippen LogP contribution is 2.57. The second kappa shape index (κ2) is 5.47. The lowest BCUT2D eigenvalue weighted by Crippen LogP contribution is -2.12. The average Bonchev–Trinajstić information content (AvgIpc) is 2.87. The zero-order valence-electron chi connectivity index (χ0n) is 9.37. The predicted octanol–water partition coefficient (Wildman–Crippen LogP) is 4.31. The highest BCUT2D eigenvalue weighted by atomic mass is 31.1. The molecule has 2 heteroatoms. The van der Waals surface area contributed by atoms with Gasteiger partial charge in [0.15, 0.2) is 0 Å². The molecule has 2 saturated carbocycles. The van der Waals surface area contributed by atoms with E-state index in [4.69, 9.17) is 4.52 Å². The van der Waals surface area contributed by atoms with Crippen LogP contribution < -0.4 is 0 Å². The lowest BCUT2D eigenvalue weighted by molar-refractivity contribution is 0.364. The predicted molar refractivity (Wildman–Crippen MR) is 63.1 cm³/mol. The van der Waals surface area contributed by atoms with Gasteiger partial charge in [-0.05, 0) is 32.6 Å². The molecule has 0 N–H and O–H groups in total. The molecule has 0 radical (unpaired) electrons. The van der Waals surface area contributed by atoms with Crippen LogP contribution >= 0.6 is 8.15 Å². The molecule has 0 amide bonds. The van der Waals surface area contributed by atoms with E-state index in [2.05, 4.69) is 6.92 Å². The highest BCUT2D eigenvalue weighted by Gasteiger charge is 2.33. The minimum absolute atomic E-state index is 0.0630. The van der Waals surface area contributed by atoms with Gasteiger partial charge in [0, 0.05) is 26.1 Å². The van der Waals surface area contributed by atoms with Crippen molar-refractivity contribution in [2.75, 3.05) is 6.61 Å². The van der Waals surface area contributed by atoms with Crippen LogP contribution in [0.25, 0.3) is 0 Å². The molecule has 2 fully saturated rings. The third kappa shape index (κ3) is 2.49. The van der Waals surface area contributed by atoms with Crippen LogP contribution in [0.3, 0.4) is 0 Å². The molecule has 0 aromatic rings. The first kappa shape index (κ1) is 10.9. The molecule has 2 rings (SSSR count). The molecule has 1 nitrogen and oxygen atoms in total. The van der Waals surface area contributed by atoms with Gasteiger partial charge >= 0.3 is 0 Å². The summed E-state index contributed by atoms with van der Waals surface area (Å²) in [5, 5.41) is 0. The molecular formula is C12H23OP. The maximum Gasteiger partial charge on any atom is 0.0480 e. The number of hydrogen-bond donors (Lipinski definition) is 0. The second-order valence-electron chi connectivity index (χ2n) is 4.65. The average molecular weight is 214 g/mol. The molecule has 0 spiro atoms. The van der Waals surface area contributed by atoms with Crippen molar-refractivity contribution in [3.63, 3.8) is 0 Å². The minimum atomic E-state index is -0.0630. The van der Waals surface area contributed by atoms with Crippen LogP contribution in [0.15, 0.2) is 0 Å². The Hall–Kier alpha value is 0.390. The van der Waals surface area contributed by atoms with Gasteiger partial charge in [-0.15, -0.1) is 0 Å². The van der Waals surface area contributed by atoms with Crippen LogP contribution in [0, 0.1) is 0 Å². The Labute approximate surface area is 89.4 Å². The standard InChI is InChI=1S/C12H23OP/c1-2-13-14(11-7-3-4-8-11)12-9-5-6-10-12/h11-12H,2-10H2,1H3. The molecule has 0 atom stereocenters. The fraction of sp³-hybridized carbons (Fsp3) is 1.00. The fourth-order valence-electron chi connectivity index (χ4n) is 2.98. The largest absolute Gasteiger partial charge is 0.359 e. The van der Waals surface area contributed by atoms with Crippen LogP contribution in [-0.2, 0) is 4.52 Å². The van der Waals surface area contributed by atoms with Gasteiger partial charge in [0.05, 0.1) is 0 Å². The normalized spacial score (nSPS) is 25.3. The summed E-state index contributed by atoms with van der Waals surface area (Å²) in [6.45, 7) is 3.11. The van der Waals surface area contributed by atoms with E-state index in [-0.39, 0.29) is 8.15 Å². The van der Waals surface area contributed by atoms with E-state index in [0.29, 0.717) is 0 Å². The smallest absolute Gasteiger partial charge is 0.0480 e. The van der Waals surface area contributed by atoms with E-state index < -0.39 is 0 Å². The highest BCUT2D eigenvalue weighted by molar-refractivity contribution is 7.54. The minimum Gasteiger partial charge on any atom is -0.359 e. The molecule has 14 heavy (non-hydrogen) atoms. The maximum atomic E-state index is 6.07. The van der Waals surface area contributed by atoms with Gasteiger partial charge in [-0.2, -0.15) is 0 Å². The summed E-state index contributed by atoms with van der Waals surface area (Å²) in [5.41, 5.74) is 1.93. The topological polar surface area (TPSA) is 9.23 Å². The van der Waals surface area contributed by atoms with Gasteiger partial charge in [0.25, 0.3) is 0 Å². The van der Waals surface area contributed by atoms with Crippen molar-refractivity contribution in [3.05, 3.63) is 0 Å². The third-order valence-electron chi connectivity index (χ3n) is 3.65. The van der Waals surface area contributed by atoms with Gasteiger partial charge in [-0.1, -0.05) is 25.7 Å². The zero-order valence-corrected chi connectivity index (χ0v) is 10.3. The van der Waals surface area contributed by atoms with Gasteiger partial charge in [-0.25, -0.2) is 0 Å². The Kier molecular flexibility index (Phi) is 4.25. The molecule has 0 aromatic heterocycles. The summed E-state index contributed by atoms with van der Waals surface area (Å²) in [6, 6.07) is 0. The summed E-state index contributed by atoms with van der Waals surface area (Å²) < 4.78 is 6.07. The van der Waals surface area contributed by atoms with E-state index in [0.717, 1.165) is 17.9 Å². The Morgan fingerprint density at radius 1 is 0.929 bits per heavy atom. The Morgan fingerprint density at radius 2 is 1.36 bits per heavy atom. The van der Waals surface area contributed by atoms with E-state index in [1.54, 1.807) is 0 Å². The Balaban J connectivity index is 1.91. The number of rotatable bonds is 4. The first-order valence-electron chi connectivity index (χ1n) is 6.33. The molecular weight excluding hydrogens is 191 g/mol. The van der Waals surface area contributed by atoms with Gasteiger partial charge < -0.3 is 4.52 Å². The third-order valence-corrected chi connectivity index (χ3v) is 6.68.